The van der Waals surface area contributed by atoms with E-state index < -0.39 is 65.5 Å². The topological polar surface area (TPSA) is 138 Å². The molecule has 0 unspecified atom stereocenters. The molecule has 0 aromatic heterocycles. The van der Waals surface area contributed by atoms with Crippen molar-refractivity contribution in [3.63, 3.8) is 0 Å². The zero-order chi connectivity index (χ0) is 32.7. The first-order valence-corrected chi connectivity index (χ1v) is 15.4. The Bertz CT molecular complexity index is 1170. The van der Waals surface area contributed by atoms with Gasteiger partial charge in [-0.15, -0.1) is 0 Å². The molecule has 0 amide bonds. The van der Waals surface area contributed by atoms with Crippen molar-refractivity contribution in [2.45, 2.75) is 110 Å². The molecule has 10 nitrogen and oxygen atoms in total. The Morgan fingerprint density at radius 2 is 1.84 bits per heavy atom. The van der Waals surface area contributed by atoms with Crippen LogP contribution in [0.1, 0.15) is 79.6 Å². The minimum absolute atomic E-state index is 0.150. The number of carbonyl (C=O) groups is 3. The van der Waals surface area contributed by atoms with Crippen LogP contribution in [0.3, 0.4) is 0 Å². The molecule has 1 heterocycles. The van der Waals surface area contributed by atoms with Gasteiger partial charge in [0.2, 0.25) is 12.6 Å². The highest BCUT2D eigenvalue weighted by molar-refractivity contribution is 5.82. The quantitative estimate of drug-likeness (QED) is 0.0364. The van der Waals surface area contributed by atoms with E-state index in [1.807, 2.05) is 26.0 Å². The first-order chi connectivity index (χ1) is 20.8. The molecule has 44 heavy (non-hydrogen) atoms. The lowest BCUT2D eigenvalue weighted by atomic mass is 9.44. The van der Waals surface area contributed by atoms with Gasteiger partial charge in [-0.2, -0.15) is 0 Å². The second kappa shape index (κ2) is 15.3. The van der Waals surface area contributed by atoms with E-state index >= 15 is 0 Å². The highest BCUT2D eigenvalue weighted by atomic mass is 17.1. The summed E-state index contributed by atoms with van der Waals surface area (Å²) < 4.78 is 23.2. The van der Waals surface area contributed by atoms with Gasteiger partial charge in [-0.3, -0.25) is 19.6 Å². The van der Waals surface area contributed by atoms with Gasteiger partial charge in [-0.25, -0.2) is 9.68 Å². The molecular formula is C34H48O10. The number of hydrogen-bond donors (Lipinski definition) is 2. The molecular weight excluding hydrogens is 568 g/mol. The van der Waals surface area contributed by atoms with Crippen molar-refractivity contribution in [1.29, 1.82) is 0 Å². The second-order valence-electron chi connectivity index (χ2n) is 12.4. The van der Waals surface area contributed by atoms with E-state index in [4.69, 9.17) is 23.8 Å². The fourth-order valence-corrected chi connectivity index (χ4v) is 7.18. The first kappa shape index (κ1) is 35.4. The van der Waals surface area contributed by atoms with Crippen LogP contribution in [0.25, 0.3) is 0 Å². The lowest BCUT2D eigenvalue weighted by Gasteiger charge is -2.60. The Balaban J connectivity index is 2.08. The molecule has 3 rings (SSSR count). The fourth-order valence-electron chi connectivity index (χ4n) is 7.18. The number of ether oxygens (including phenoxy) is 4. The standard InChI is InChI=1S/C34H48O10/c1-8-10-11-12-13-14-15-16-30(38)42-25-18-26-31(40-23(5)35)43-32(41-24(6)36)34(26)28(19-25)33(7,22(4)17-29(34)37)20-27(44-39)21(3)9-2/h9,13-16,18,22,25,27-29,31-32,37,39H,2-3,8,10-12,17,19-20H2,1,4-7H3/b14-13+,16-15-/t22-,25+,27-,28+,29-,31+,32-,33-,34-/m1/s1. The van der Waals surface area contributed by atoms with Crippen molar-refractivity contribution in [3.05, 3.63) is 60.8 Å². The molecule has 1 saturated heterocycles. The smallest absolute Gasteiger partial charge is 0.331 e. The Morgan fingerprint density at radius 1 is 1.14 bits per heavy atom. The SMILES string of the molecule is C=CC(=C)[C@@H](C[C@]1(C)[C@H](C)C[C@@H](O)[C@@]23C(=C[C@H](OC(=O)/C=C\C=C\CCCCC)C[C@@H]12)[C@@H](OC(C)=O)O[C@H]3OC(C)=O)OO. The summed E-state index contributed by atoms with van der Waals surface area (Å²) in [6.45, 7) is 16.3. The third kappa shape index (κ3) is 7.42. The van der Waals surface area contributed by atoms with Crippen molar-refractivity contribution < 1.29 is 48.6 Å². The van der Waals surface area contributed by atoms with Crippen LogP contribution >= 0.6 is 0 Å². The summed E-state index contributed by atoms with van der Waals surface area (Å²) in [5.74, 6) is -2.57. The van der Waals surface area contributed by atoms with Gasteiger partial charge in [0.15, 0.2) is 0 Å². The highest BCUT2D eigenvalue weighted by Crippen LogP contribution is 2.67. The van der Waals surface area contributed by atoms with E-state index in [0.717, 1.165) is 25.7 Å². The van der Waals surface area contributed by atoms with Gasteiger partial charge in [-0.05, 0) is 61.0 Å². The van der Waals surface area contributed by atoms with Gasteiger partial charge in [0.25, 0.3) is 0 Å². The number of carbonyl (C=O) groups excluding carboxylic acids is 3. The van der Waals surface area contributed by atoms with Crippen LogP contribution in [-0.2, 0) is 38.2 Å². The largest absolute Gasteiger partial charge is 0.455 e. The van der Waals surface area contributed by atoms with Gasteiger partial charge in [-0.1, -0.05) is 71.1 Å². The van der Waals surface area contributed by atoms with Gasteiger partial charge in [0.05, 0.1) is 11.5 Å². The molecule has 0 radical (unpaired) electrons. The average molecular weight is 617 g/mol. The van der Waals surface area contributed by atoms with Crippen LogP contribution in [0, 0.1) is 22.7 Å². The second-order valence-corrected chi connectivity index (χ2v) is 12.4. The maximum absolute atomic E-state index is 12.9. The average Bonchev–Trinajstić information content (AvgIpc) is 3.25. The molecule has 10 heteroatoms. The molecule has 1 saturated carbocycles. The van der Waals surface area contributed by atoms with Crippen LogP contribution in [0.15, 0.2) is 60.8 Å². The lowest BCUT2D eigenvalue weighted by Crippen LogP contribution is -2.63. The number of hydrogen-bond acceptors (Lipinski definition) is 10. The third-order valence-electron chi connectivity index (χ3n) is 9.55. The summed E-state index contributed by atoms with van der Waals surface area (Å²) in [6, 6.07) is 0. The molecule has 2 aliphatic carbocycles. The molecule has 2 fully saturated rings. The van der Waals surface area contributed by atoms with Crippen molar-refractivity contribution in [2.24, 2.45) is 22.7 Å². The molecule has 0 bridgehead atoms. The van der Waals surface area contributed by atoms with E-state index in [1.165, 1.54) is 26.0 Å². The van der Waals surface area contributed by atoms with Gasteiger partial charge < -0.3 is 19.3 Å². The number of rotatable bonds is 14. The van der Waals surface area contributed by atoms with Gasteiger partial charge in [0, 0.05) is 25.5 Å². The zero-order valence-electron chi connectivity index (χ0n) is 26.5. The van der Waals surface area contributed by atoms with E-state index in [1.54, 1.807) is 12.2 Å². The molecule has 1 aliphatic heterocycles. The molecule has 0 aromatic carbocycles. The third-order valence-corrected chi connectivity index (χ3v) is 9.55. The van der Waals surface area contributed by atoms with Crippen molar-refractivity contribution in [3.8, 4) is 0 Å². The monoisotopic (exact) mass is 616 g/mol. The van der Waals surface area contributed by atoms with Crippen LogP contribution in [0.5, 0.6) is 0 Å². The minimum Gasteiger partial charge on any atom is -0.455 e. The van der Waals surface area contributed by atoms with Crippen molar-refractivity contribution in [2.75, 3.05) is 0 Å². The predicted molar refractivity (Wildman–Crippen MR) is 162 cm³/mol. The normalized spacial score (nSPS) is 33.7. The number of allylic oxidation sites excluding steroid dienone is 3. The van der Waals surface area contributed by atoms with Gasteiger partial charge >= 0.3 is 17.9 Å². The summed E-state index contributed by atoms with van der Waals surface area (Å²) in [7, 11) is 0. The van der Waals surface area contributed by atoms with Crippen LogP contribution in [0.2, 0.25) is 0 Å². The molecule has 244 valence electrons. The predicted octanol–water partition coefficient (Wildman–Crippen LogP) is 5.73. The molecule has 9 atom stereocenters. The van der Waals surface area contributed by atoms with Crippen LogP contribution in [-0.4, -0.2) is 59.2 Å². The molecule has 2 N–H and O–H groups in total. The van der Waals surface area contributed by atoms with Crippen molar-refractivity contribution in [1.82, 2.24) is 0 Å². The number of aliphatic hydroxyl groups excluding tert-OH is 1. The zero-order valence-corrected chi connectivity index (χ0v) is 26.5. The van der Waals surface area contributed by atoms with E-state index in [-0.39, 0.29) is 25.2 Å². The fraction of sp³-hybridized carbons (Fsp3) is 0.618. The Kier molecular flexibility index (Phi) is 12.3. The summed E-state index contributed by atoms with van der Waals surface area (Å²) in [6.07, 6.45) is 9.66. The number of esters is 3. The number of unbranched alkanes of at least 4 members (excludes halogenated alkanes) is 3. The Hall–Kier alpha value is -3.05. The van der Waals surface area contributed by atoms with Crippen LogP contribution in [0.4, 0.5) is 0 Å². The molecule has 1 spiro atoms. The Labute approximate surface area is 260 Å². The molecule has 3 aliphatic rings. The van der Waals surface area contributed by atoms with E-state index in [9.17, 15) is 24.7 Å². The summed E-state index contributed by atoms with van der Waals surface area (Å²) in [5.41, 5.74) is -1.25. The molecule has 0 aromatic rings. The van der Waals surface area contributed by atoms with Crippen molar-refractivity contribution >= 4 is 17.9 Å². The first-order valence-electron chi connectivity index (χ1n) is 15.4. The minimum atomic E-state index is -1.34. The highest BCUT2D eigenvalue weighted by Gasteiger charge is 2.71. The number of aliphatic hydroxyl groups is 1. The van der Waals surface area contributed by atoms with Crippen LogP contribution < -0.4 is 0 Å². The summed E-state index contributed by atoms with van der Waals surface area (Å²) in [5, 5.41) is 21.7. The maximum Gasteiger partial charge on any atom is 0.331 e. The van der Waals surface area contributed by atoms with E-state index in [2.05, 4.69) is 20.1 Å². The van der Waals surface area contributed by atoms with Gasteiger partial charge in [0.1, 0.15) is 12.2 Å². The lowest BCUT2D eigenvalue weighted by molar-refractivity contribution is -0.287. The summed E-state index contributed by atoms with van der Waals surface area (Å²) >= 11 is 0. The summed E-state index contributed by atoms with van der Waals surface area (Å²) in [4.78, 5) is 42.2. The van der Waals surface area contributed by atoms with E-state index in [0.29, 0.717) is 11.1 Å². The maximum atomic E-state index is 12.9. The Morgan fingerprint density at radius 3 is 2.45 bits per heavy atom.